The third-order valence-electron chi connectivity index (χ3n) is 4.00. The van der Waals surface area contributed by atoms with Crippen molar-refractivity contribution in [2.24, 2.45) is 0 Å². The van der Waals surface area contributed by atoms with Gasteiger partial charge in [-0.3, -0.25) is 4.79 Å². The number of ether oxygens (including phenoxy) is 1. The number of amides is 1. The van der Waals surface area contributed by atoms with Crippen LogP contribution in [0.3, 0.4) is 0 Å². The highest BCUT2D eigenvalue weighted by Gasteiger charge is 2.20. The van der Waals surface area contributed by atoms with Crippen molar-refractivity contribution in [3.63, 3.8) is 0 Å². The van der Waals surface area contributed by atoms with Crippen LogP contribution in [0, 0.1) is 0 Å². The van der Waals surface area contributed by atoms with Crippen LogP contribution in [0.5, 0.6) is 5.75 Å². The maximum atomic E-state index is 12.2. The van der Waals surface area contributed by atoms with E-state index in [9.17, 15) is 4.79 Å². The molecule has 2 aromatic rings. The lowest BCUT2D eigenvalue weighted by atomic mass is 10.0. The van der Waals surface area contributed by atoms with E-state index in [0.717, 1.165) is 42.8 Å². The normalized spacial score (nSPS) is 17.5. The summed E-state index contributed by atoms with van der Waals surface area (Å²) < 4.78 is 5.74. The van der Waals surface area contributed by atoms with Crippen molar-refractivity contribution in [1.82, 2.24) is 5.32 Å². The van der Waals surface area contributed by atoms with Gasteiger partial charge in [0.25, 0.3) is 0 Å². The Kier molecular flexibility index (Phi) is 5.27. The fraction of sp³-hybridized carbons (Fsp3) is 0.316. The first-order chi connectivity index (χ1) is 11.3. The van der Waals surface area contributed by atoms with E-state index in [1.807, 2.05) is 54.6 Å². The van der Waals surface area contributed by atoms with Gasteiger partial charge in [0.2, 0.25) is 5.91 Å². The molecule has 0 saturated carbocycles. The highest BCUT2D eigenvalue weighted by Crippen LogP contribution is 2.18. The Morgan fingerprint density at radius 2 is 1.87 bits per heavy atom. The summed E-state index contributed by atoms with van der Waals surface area (Å²) in [5.41, 5.74) is 1.93. The van der Waals surface area contributed by atoms with Crippen molar-refractivity contribution < 1.29 is 9.53 Å². The van der Waals surface area contributed by atoms with Gasteiger partial charge in [-0.1, -0.05) is 36.8 Å². The molecule has 0 aromatic heterocycles. The third kappa shape index (κ3) is 4.57. The molecule has 4 heteroatoms. The van der Waals surface area contributed by atoms with E-state index < -0.39 is 0 Å². The highest BCUT2D eigenvalue weighted by molar-refractivity contribution is 5.94. The third-order valence-corrected chi connectivity index (χ3v) is 4.00. The maximum Gasteiger partial charge on any atom is 0.241 e. The van der Waals surface area contributed by atoms with Gasteiger partial charge in [-0.2, -0.15) is 0 Å². The number of piperidine rings is 1. The van der Waals surface area contributed by atoms with Crippen molar-refractivity contribution >= 4 is 11.6 Å². The van der Waals surface area contributed by atoms with Crippen LogP contribution in [-0.2, 0) is 11.4 Å². The minimum Gasteiger partial charge on any atom is -0.489 e. The molecule has 4 nitrogen and oxygen atoms in total. The molecular formula is C19H22N2O2. The molecule has 2 aromatic carbocycles. The number of hydrogen-bond donors (Lipinski definition) is 2. The maximum absolute atomic E-state index is 12.2. The molecule has 1 aliphatic heterocycles. The van der Waals surface area contributed by atoms with Crippen molar-refractivity contribution in [3.05, 3.63) is 60.2 Å². The lowest BCUT2D eigenvalue weighted by Gasteiger charge is -2.22. The van der Waals surface area contributed by atoms with Gasteiger partial charge in [-0.05, 0) is 49.2 Å². The molecule has 0 radical (unpaired) electrons. The van der Waals surface area contributed by atoms with E-state index in [-0.39, 0.29) is 11.9 Å². The second-order valence-electron chi connectivity index (χ2n) is 5.79. The van der Waals surface area contributed by atoms with Gasteiger partial charge in [0.1, 0.15) is 12.4 Å². The summed E-state index contributed by atoms with van der Waals surface area (Å²) >= 11 is 0. The van der Waals surface area contributed by atoms with Crippen LogP contribution < -0.4 is 15.4 Å². The molecule has 23 heavy (non-hydrogen) atoms. The van der Waals surface area contributed by atoms with Gasteiger partial charge in [0.15, 0.2) is 0 Å². The first kappa shape index (κ1) is 15.6. The van der Waals surface area contributed by atoms with Crippen LogP contribution in [0.1, 0.15) is 24.8 Å². The Morgan fingerprint density at radius 3 is 2.57 bits per heavy atom. The summed E-state index contributed by atoms with van der Waals surface area (Å²) in [5, 5.41) is 6.21. The van der Waals surface area contributed by atoms with Crippen LogP contribution in [0.25, 0.3) is 0 Å². The molecule has 3 rings (SSSR count). The number of benzene rings is 2. The second-order valence-corrected chi connectivity index (χ2v) is 5.79. The molecular weight excluding hydrogens is 288 g/mol. The van der Waals surface area contributed by atoms with Crippen LogP contribution in [-0.4, -0.2) is 18.5 Å². The number of anilines is 1. The SMILES string of the molecule is O=C(Nc1ccc(OCc2ccccc2)cc1)[C@@H]1CCCCN1. The molecule has 1 atom stereocenters. The van der Waals surface area contributed by atoms with Crippen LogP contribution in [0.15, 0.2) is 54.6 Å². The molecule has 0 spiro atoms. The van der Waals surface area contributed by atoms with Crippen molar-refractivity contribution in [2.45, 2.75) is 31.9 Å². The van der Waals surface area contributed by atoms with Crippen LogP contribution in [0.2, 0.25) is 0 Å². The van der Waals surface area contributed by atoms with Gasteiger partial charge >= 0.3 is 0 Å². The number of rotatable bonds is 5. The predicted octanol–water partition coefficient (Wildman–Crippen LogP) is 3.35. The average Bonchev–Trinajstić information content (AvgIpc) is 2.63. The summed E-state index contributed by atoms with van der Waals surface area (Å²) in [6.07, 6.45) is 3.17. The minimum atomic E-state index is -0.0715. The van der Waals surface area contributed by atoms with Crippen LogP contribution >= 0.6 is 0 Å². The molecule has 1 aliphatic rings. The van der Waals surface area contributed by atoms with E-state index in [2.05, 4.69) is 10.6 Å². The second kappa shape index (κ2) is 7.79. The van der Waals surface area contributed by atoms with Crippen molar-refractivity contribution in [2.75, 3.05) is 11.9 Å². The van der Waals surface area contributed by atoms with Crippen molar-refractivity contribution in [1.29, 1.82) is 0 Å². The standard InChI is InChI=1S/C19H22N2O2/c22-19(18-8-4-5-13-20-18)21-16-9-11-17(12-10-16)23-14-15-6-2-1-3-7-15/h1-3,6-7,9-12,18,20H,4-5,8,13-14H2,(H,21,22)/t18-/m0/s1. The Bertz CT molecular complexity index is 620. The fourth-order valence-electron chi connectivity index (χ4n) is 2.68. The van der Waals surface area contributed by atoms with Gasteiger partial charge in [0.05, 0.1) is 6.04 Å². The Morgan fingerprint density at radius 1 is 1.09 bits per heavy atom. The average molecular weight is 310 g/mol. The zero-order valence-electron chi connectivity index (χ0n) is 13.1. The number of carbonyl (C=O) groups is 1. The van der Waals surface area contributed by atoms with Gasteiger partial charge in [0, 0.05) is 5.69 Å². The molecule has 2 N–H and O–H groups in total. The molecule has 1 saturated heterocycles. The van der Waals surface area contributed by atoms with Gasteiger partial charge < -0.3 is 15.4 Å². The molecule has 0 bridgehead atoms. The number of carbonyl (C=O) groups excluding carboxylic acids is 1. The Labute approximate surface area is 136 Å². The van der Waals surface area contributed by atoms with E-state index in [1.54, 1.807) is 0 Å². The summed E-state index contributed by atoms with van der Waals surface area (Å²) in [4.78, 5) is 12.2. The van der Waals surface area contributed by atoms with Crippen molar-refractivity contribution in [3.8, 4) is 5.75 Å². The van der Waals surface area contributed by atoms with Crippen LogP contribution in [0.4, 0.5) is 5.69 Å². The lowest BCUT2D eigenvalue weighted by Crippen LogP contribution is -2.43. The fourth-order valence-corrected chi connectivity index (χ4v) is 2.68. The first-order valence-electron chi connectivity index (χ1n) is 8.12. The molecule has 0 unspecified atom stereocenters. The van der Waals surface area contributed by atoms with E-state index in [0.29, 0.717) is 6.61 Å². The molecule has 1 heterocycles. The highest BCUT2D eigenvalue weighted by atomic mass is 16.5. The smallest absolute Gasteiger partial charge is 0.241 e. The first-order valence-corrected chi connectivity index (χ1v) is 8.12. The summed E-state index contributed by atoms with van der Waals surface area (Å²) in [6.45, 7) is 1.46. The summed E-state index contributed by atoms with van der Waals surface area (Å²) in [5.74, 6) is 0.838. The molecule has 0 aliphatic carbocycles. The summed E-state index contributed by atoms with van der Waals surface area (Å²) in [6, 6.07) is 17.5. The largest absolute Gasteiger partial charge is 0.489 e. The zero-order valence-corrected chi connectivity index (χ0v) is 13.1. The monoisotopic (exact) mass is 310 g/mol. The molecule has 1 amide bonds. The molecule has 1 fully saturated rings. The molecule has 120 valence electrons. The van der Waals surface area contributed by atoms with Gasteiger partial charge in [-0.25, -0.2) is 0 Å². The predicted molar refractivity (Wildman–Crippen MR) is 91.5 cm³/mol. The quantitative estimate of drug-likeness (QED) is 0.890. The minimum absolute atomic E-state index is 0.0441. The van der Waals surface area contributed by atoms with E-state index in [1.165, 1.54) is 0 Å². The zero-order chi connectivity index (χ0) is 15.9. The Balaban J connectivity index is 1.51. The lowest BCUT2D eigenvalue weighted by molar-refractivity contribution is -0.118. The van der Waals surface area contributed by atoms with E-state index >= 15 is 0 Å². The number of hydrogen-bond acceptors (Lipinski definition) is 3. The topological polar surface area (TPSA) is 50.4 Å². The number of nitrogens with one attached hydrogen (secondary N) is 2. The summed E-state index contributed by atoms with van der Waals surface area (Å²) in [7, 11) is 0. The van der Waals surface area contributed by atoms with E-state index in [4.69, 9.17) is 4.74 Å². The van der Waals surface area contributed by atoms with Gasteiger partial charge in [-0.15, -0.1) is 0 Å². The Hall–Kier alpha value is -2.33.